The number of Topliss-reactive ketones (excluding diaryl/α,β-unsaturated/α-hetero) is 1. The molecule has 0 saturated heterocycles. The lowest BCUT2D eigenvalue weighted by molar-refractivity contribution is 0.0914. The molecule has 1 aliphatic carbocycles. The Labute approximate surface area is 112 Å². The van der Waals surface area contributed by atoms with Crippen molar-refractivity contribution >= 4 is 23.0 Å². The highest BCUT2D eigenvalue weighted by atomic mass is 32.1. The van der Waals surface area contributed by atoms with Crippen molar-refractivity contribution in [2.45, 2.75) is 45.6 Å². The summed E-state index contributed by atoms with van der Waals surface area (Å²) in [4.78, 5) is 24.6. The summed E-state index contributed by atoms with van der Waals surface area (Å²) in [6, 6.07) is 3.75. The fraction of sp³-hybridized carbons (Fsp3) is 0.571. The molecule has 1 amide bonds. The minimum absolute atomic E-state index is 0.0186. The van der Waals surface area contributed by atoms with E-state index in [-0.39, 0.29) is 17.7 Å². The second kappa shape index (κ2) is 5.65. The normalized spacial score (nSPS) is 23.7. The van der Waals surface area contributed by atoms with Crippen LogP contribution in [0.1, 0.15) is 58.9 Å². The topological polar surface area (TPSA) is 46.2 Å². The Morgan fingerprint density at radius 1 is 1.22 bits per heavy atom. The number of amides is 1. The van der Waals surface area contributed by atoms with Crippen molar-refractivity contribution in [1.29, 1.82) is 0 Å². The maximum absolute atomic E-state index is 12.1. The lowest BCUT2D eigenvalue weighted by Gasteiger charge is -2.29. The van der Waals surface area contributed by atoms with E-state index in [1.54, 1.807) is 12.1 Å². The molecule has 0 aromatic carbocycles. The molecule has 0 aliphatic heterocycles. The van der Waals surface area contributed by atoms with Crippen molar-refractivity contribution in [1.82, 2.24) is 5.32 Å². The highest BCUT2D eigenvalue weighted by Crippen LogP contribution is 2.24. The molecule has 2 atom stereocenters. The van der Waals surface area contributed by atoms with Gasteiger partial charge in [-0.2, -0.15) is 0 Å². The summed E-state index contributed by atoms with van der Waals surface area (Å²) >= 11 is 1.28. The summed E-state index contributed by atoms with van der Waals surface area (Å²) < 4.78 is 0. The van der Waals surface area contributed by atoms with Gasteiger partial charge in [0.1, 0.15) is 0 Å². The van der Waals surface area contributed by atoms with Gasteiger partial charge >= 0.3 is 0 Å². The minimum atomic E-state index is -0.0359. The van der Waals surface area contributed by atoms with Crippen LogP contribution in [0.4, 0.5) is 0 Å². The molecule has 2 rings (SSSR count). The van der Waals surface area contributed by atoms with Crippen LogP contribution in [-0.4, -0.2) is 17.7 Å². The second-order valence-electron chi connectivity index (χ2n) is 5.06. The van der Waals surface area contributed by atoms with Crippen molar-refractivity contribution in [3.8, 4) is 0 Å². The van der Waals surface area contributed by atoms with Crippen LogP contribution in [0.25, 0.3) is 0 Å². The average molecular weight is 265 g/mol. The molecular weight excluding hydrogens is 246 g/mol. The molecule has 1 fully saturated rings. The summed E-state index contributed by atoms with van der Waals surface area (Å²) in [6.45, 7) is 3.72. The lowest BCUT2D eigenvalue weighted by Crippen LogP contribution is -2.40. The first-order valence-corrected chi connectivity index (χ1v) is 7.31. The van der Waals surface area contributed by atoms with E-state index in [9.17, 15) is 9.59 Å². The third kappa shape index (κ3) is 2.99. The predicted octanol–water partition coefficient (Wildman–Crippen LogP) is 3.26. The van der Waals surface area contributed by atoms with Crippen LogP contribution in [0.2, 0.25) is 0 Å². The standard InChI is InChI=1S/C14H19NO2S/c1-9-5-3-4-6-11(9)15-14(17)13-8-7-12(18-13)10(2)16/h7-9,11H,3-6H2,1-2H3,(H,15,17)/t9-,11+/m1/s1. The monoisotopic (exact) mass is 265 g/mol. The molecule has 18 heavy (non-hydrogen) atoms. The Bertz CT molecular complexity index is 452. The minimum Gasteiger partial charge on any atom is -0.348 e. The molecule has 1 heterocycles. The van der Waals surface area contributed by atoms with Crippen LogP contribution >= 0.6 is 11.3 Å². The molecule has 3 nitrogen and oxygen atoms in total. The van der Waals surface area contributed by atoms with Crippen LogP contribution in [-0.2, 0) is 0 Å². The number of hydrogen-bond acceptors (Lipinski definition) is 3. The SMILES string of the molecule is CC(=O)c1ccc(C(=O)N[C@H]2CCCC[C@H]2C)s1. The zero-order chi connectivity index (χ0) is 13.1. The number of thiophene rings is 1. The van der Waals surface area contributed by atoms with Gasteiger partial charge in [0.05, 0.1) is 9.75 Å². The highest BCUT2D eigenvalue weighted by molar-refractivity contribution is 7.15. The van der Waals surface area contributed by atoms with Gasteiger partial charge in [-0.25, -0.2) is 0 Å². The predicted molar refractivity (Wildman–Crippen MR) is 73.2 cm³/mol. The maximum atomic E-state index is 12.1. The van der Waals surface area contributed by atoms with E-state index in [0.29, 0.717) is 15.7 Å². The molecule has 1 aliphatic rings. The van der Waals surface area contributed by atoms with Gasteiger partial charge in [-0.15, -0.1) is 11.3 Å². The fourth-order valence-electron chi connectivity index (χ4n) is 2.42. The van der Waals surface area contributed by atoms with E-state index in [0.717, 1.165) is 6.42 Å². The molecule has 1 aromatic rings. The van der Waals surface area contributed by atoms with Gasteiger partial charge in [-0.1, -0.05) is 19.8 Å². The Kier molecular flexibility index (Phi) is 4.17. The molecule has 0 bridgehead atoms. The third-order valence-electron chi connectivity index (χ3n) is 3.60. The van der Waals surface area contributed by atoms with Crippen LogP contribution in [0, 0.1) is 5.92 Å². The van der Waals surface area contributed by atoms with Gasteiger partial charge in [0.15, 0.2) is 5.78 Å². The Balaban J connectivity index is 2.00. The van der Waals surface area contributed by atoms with Crippen molar-refractivity contribution in [2.75, 3.05) is 0 Å². The van der Waals surface area contributed by atoms with Crippen molar-refractivity contribution < 1.29 is 9.59 Å². The van der Waals surface area contributed by atoms with Crippen LogP contribution in [0.3, 0.4) is 0 Å². The zero-order valence-electron chi connectivity index (χ0n) is 10.9. The maximum Gasteiger partial charge on any atom is 0.261 e. The van der Waals surface area contributed by atoms with E-state index in [4.69, 9.17) is 0 Å². The van der Waals surface area contributed by atoms with Crippen molar-refractivity contribution in [3.05, 3.63) is 21.9 Å². The molecule has 1 aromatic heterocycles. The molecule has 98 valence electrons. The average Bonchev–Trinajstić information content (AvgIpc) is 2.81. The molecule has 0 radical (unpaired) electrons. The summed E-state index contributed by atoms with van der Waals surface area (Å²) in [6.07, 6.45) is 4.71. The van der Waals surface area contributed by atoms with Crippen LogP contribution in [0.5, 0.6) is 0 Å². The molecule has 0 unspecified atom stereocenters. The second-order valence-corrected chi connectivity index (χ2v) is 6.15. The van der Waals surface area contributed by atoms with Crippen molar-refractivity contribution in [2.24, 2.45) is 5.92 Å². The van der Waals surface area contributed by atoms with E-state index in [1.165, 1.54) is 37.5 Å². The molecule has 1 saturated carbocycles. The van der Waals surface area contributed by atoms with Gasteiger partial charge in [-0.05, 0) is 37.8 Å². The summed E-state index contributed by atoms with van der Waals surface area (Å²) in [5, 5.41) is 3.10. The van der Waals surface area contributed by atoms with Crippen LogP contribution < -0.4 is 5.32 Å². The Hall–Kier alpha value is -1.16. The van der Waals surface area contributed by atoms with Gasteiger partial charge in [0.25, 0.3) is 5.91 Å². The first-order chi connectivity index (χ1) is 8.58. The molecule has 0 spiro atoms. The molecule has 1 N–H and O–H groups in total. The van der Waals surface area contributed by atoms with Crippen molar-refractivity contribution in [3.63, 3.8) is 0 Å². The smallest absolute Gasteiger partial charge is 0.261 e. The highest BCUT2D eigenvalue weighted by Gasteiger charge is 2.23. The fourth-order valence-corrected chi connectivity index (χ4v) is 3.22. The number of hydrogen-bond donors (Lipinski definition) is 1. The Morgan fingerprint density at radius 2 is 1.89 bits per heavy atom. The third-order valence-corrected chi connectivity index (χ3v) is 4.79. The van der Waals surface area contributed by atoms with Gasteiger partial charge in [0.2, 0.25) is 0 Å². The quantitative estimate of drug-likeness (QED) is 0.853. The number of ketones is 1. The van der Waals surface area contributed by atoms with Gasteiger partial charge in [-0.3, -0.25) is 9.59 Å². The van der Waals surface area contributed by atoms with E-state index in [2.05, 4.69) is 12.2 Å². The lowest BCUT2D eigenvalue weighted by atomic mass is 9.86. The Morgan fingerprint density at radius 3 is 2.50 bits per heavy atom. The first-order valence-electron chi connectivity index (χ1n) is 6.49. The van der Waals surface area contributed by atoms with Crippen LogP contribution in [0.15, 0.2) is 12.1 Å². The largest absolute Gasteiger partial charge is 0.348 e. The summed E-state index contributed by atoms with van der Waals surface area (Å²) in [5.74, 6) is 0.534. The number of rotatable bonds is 3. The zero-order valence-corrected chi connectivity index (χ0v) is 11.7. The molecule has 4 heteroatoms. The number of nitrogens with one attached hydrogen (secondary N) is 1. The molecular formula is C14H19NO2S. The van der Waals surface area contributed by atoms with Gasteiger partial charge in [0, 0.05) is 6.04 Å². The first kappa shape index (κ1) is 13.3. The number of carbonyl (C=O) groups is 2. The van der Waals surface area contributed by atoms with E-state index < -0.39 is 0 Å². The summed E-state index contributed by atoms with van der Waals surface area (Å²) in [5.41, 5.74) is 0. The number of carbonyl (C=O) groups excluding carboxylic acids is 2. The van der Waals surface area contributed by atoms with E-state index in [1.807, 2.05) is 0 Å². The summed E-state index contributed by atoms with van der Waals surface area (Å²) in [7, 11) is 0. The van der Waals surface area contributed by atoms with Gasteiger partial charge < -0.3 is 5.32 Å². The van der Waals surface area contributed by atoms with E-state index >= 15 is 0 Å².